The number of nitrogens with one attached hydrogen (secondary N) is 1. The molecule has 0 atom stereocenters. The number of hydrogen-bond acceptors (Lipinski definition) is 3. The second-order valence-electron chi connectivity index (χ2n) is 5.83. The van der Waals surface area contributed by atoms with Gasteiger partial charge in [-0.1, -0.05) is 54.1 Å². The molecule has 1 N–H and O–H groups in total. The van der Waals surface area contributed by atoms with E-state index in [2.05, 4.69) is 29.4 Å². The first-order valence-corrected chi connectivity index (χ1v) is 7.98. The van der Waals surface area contributed by atoms with Gasteiger partial charge in [0.1, 0.15) is 0 Å². The minimum atomic E-state index is -0.215. The maximum atomic E-state index is 12.4. The second-order valence-corrected chi connectivity index (χ2v) is 5.83. The Labute approximate surface area is 141 Å². The number of amides is 1. The van der Waals surface area contributed by atoms with Crippen molar-refractivity contribution in [1.82, 2.24) is 10.3 Å². The van der Waals surface area contributed by atoms with Gasteiger partial charge in [-0.25, -0.2) is 4.98 Å². The molecule has 24 heavy (non-hydrogen) atoms. The average molecular weight is 320 g/mol. The standard InChI is InChI=1S/C20H20N2O2/c1-14-7-9-17(10-8-14)19-18(22-13-24-19)20(23)21-12-11-16-6-4-3-5-15(16)2/h3-10,13H,11-12H2,1-2H3,(H,21,23). The fraction of sp³-hybridized carbons (Fsp3) is 0.200. The monoisotopic (exact) mass is 320 g/mol. The van der Waals surface area contributed by atoms with Crippen LogP contribution in [0.4, 0.5) is 0 Å². The van der Waals surface area contributed by atoms with Gasteiger partial charge < -0.3 is 9.73 Å². The summed E-state index contributed by atoms with van der Waals surface area (Å²) in [5, 5.41) is 2.92. The summed E-state index contributed by atoms with van der Waals surface area (Å²) in [6.45, 7) is 4.65. The predicted molar refractivity (Wildman–Crippen MR) is 93.9 cm³/mol. The number of hydrogen-bond donors (Lipinski definition) is 1. The molecule has 3 aromatic rings. The van der Waals surface area contributed by atoms with Gasteiger partial charge in [-0.2, -0.15) is 0 Å². The van der Waals surface area contributed by atoms with E-state index in [0.29, 0.717) is 18.0 Å². The zero-order valence-corrected chi connectivity index (χ0v) is 13.9. The Morgan fingerprint density at radius 3 is 2.58 bits per heavy atom. The fourth-order valence-electron chi connectivity index (χ4n) is 2.60. The summed E-state index contributed by atoms with van der Waals surface area (Å²) in [6, 6.07) is 16.0. The molecule has 4 nitrogen and oxygen atoms in total. The molecule has 2 aromatic carbocycles. The van der Waals surface area contributed by atoms with E-state index in [4.69, 9.17) is 4.42 Å². The van der Waals surface area contributed by atoms with E-state index < -0.39 is 0 Å². The number of oxazole rings is 1. The molecule has 1 aromatic heterocycles. The third-order valence-electron chi connectivity index (χ3n) is 4.04. The topological polar surface area (TPSA) is 55.1 Å². The molecule has 0 aliphatic heterocycles. The summed E-state index contributed by atoms with van der Waals surface area (Å²) in [5.74, 6) is 0.288. The molecule has 0 radical (unpaired) electrons. The molecule has 0 aliphatic rings. The third kappa shape index (κ3) is 3.54. The van der Waals surface area contributed by atoms with Crippen LogP contribution in [0, 0.1) is 13.8 Å². The van der Waals surface area contributed by atoms with Crippen LogP contribution < -0.4 is 5.32 Å². The minimum absolute atomic E-state index is 0.215. The van der Waals surface area contributed by atoms with Crippen LogP contribution in [-0.2, 0) is 6.42 Å². The lowest BCUT2D eigenvalue weighted by Gasteiger charge is -2.07. The van der Waals surface area contributed by atoms with Crippen molar-refractivity contribution in [2.75, 3.05) is 6.54 Å². The number of benzene rings is 2. The van der Waals surface area contributed by atoms with Gasteiger partial charge in [0.05, 0.1) is 0 Å². The number of aromatic nitrogens is 1. The summed E-state index contributed by atoms with van der Waals surface area (Å²) in [7, 11) is 0. The highest BCUT2D eigenvalue weighted by Crippen LogP contribution is 2.23. The highest BCUT2D eigenvalue weighted by molar-refractivity contribution is 5.97. The highest BCUT2D eigenvalue weighted by Gasteiger charge is 2.17. The molecule has 0 spiro atoms. The van der Waals surface area contributed by atoms with E-state index in [1.807, 2.05) is 43.3 Å². The first-order chi connectivity index (χ1) is 11.6. The maximum absolute atomic E-state index is 12.4. The summed E-state index contributed by atoms with van der Waals surface area (Å²) >= 11 is 0. The van der Waals surface area contributed by atoms with Crippen molar-refractivity contribution in [3.63, 3.8) is 0 Å². The number of nitrogens with zero attached hydrogens (tertiary/aromatic N) is 1. The number of carbonyl (C=O) groups excluding carboxylic acids is 1. The van der Waals surface area contributed by atoms with E-state index in [-0.39, 0.29) is 5.91 Å². The first-order valence-electron chi connectivity index (χ1n) is 7.98. The lowest BCUT2D eigenvalue weighted by atomic mass is 10.1. The van der Waals surface area contributed by atoms with Crippen molar-refractivity contribution in [1.29, 1.82) is 0 Å². The molecule has 1 amide bonds. The van der Waals surface area contributed by atoms with E-state index in [1.54, 1.807) is 0 Å². The molecule has 4 heteroatoms. The average Bonchev–Trinajstić information content (AvgIpc) is 3.07. The normalized spacial score (nSPS) is 10.6. The SMILES string of the molecule is Cc1ccc(-c2ocnc2C(=O)NCCc2ccccc2C)cc1. The van der Waals surface area contributed by atoms with E-state index in [1.165, 1.54) is 17.5 Å². The summed E-state index contributed by atoms with van der Waals surface area (Å²) in [6.07, 6.45) is 2.10. The lowest BCUT2D eigenvalue weighted by Crippen LogP contribution is -2.26. The Morgan fingerprint density at radius 1 is 1.08 bits per heavy atom. The number of rotatable bonds is 5. The third-order valence-corrected chi connectivity index (χ3v) is 4.04. The van der Waals surface area contributed by atoms with Crippen LogP contribution in [0.3, 0.4) is 0 Å². The van der Waals surface area contributed by atoms with E-state index >= 15 is 0 Å². The summed E-state index contributed by atoms with van der Waals surface area (Å²) in [5.41, 5.74) is 4.79. The molecule has 0 fully saturated rings. The van der Waals surface area contributed by atoms with Crippen molar-refractivity contribution >= 4 is 5.91 Å². The van der Waals surface area contributed by atoms with Crippen LogP contribution in [0.2, 0.25) is 0 Å². The van der Waals surface area contributed by atoms with Gasteiger partial charge in [0.2, 0.25) is 0 Å². The smallest absolute Gasteiger partial charge is 0.273 e. The molecule has 3 rings (SSSR count). The Balaban J connectivity index is 1.67. The zero-order chi connectivity index (χ0) is 16.9. The molecule has 0 saturated heterocycles. The quantitative estimate of drug-likeness (QED) is 0.775. The van der Waals surface area contributed by atoms with Gasteiger partial charge >= 0.3 is 0 Å². The number of carbonyl (C=O) groups is 1. The van der Waals surface area contributed by atoms with Crippen LogP contribution in [0.1, 0.15) is 27.2 Å². The van der Waals surface area contributed by atoms with Crippen LogP contribution >= 0.6 is 0 Å². The lowest BCUT2D eigenvalue weighted by molar-refractivity contribution is 0.0950. The van der Waals surface area contributed by atoms with Gasteiger partial charge in [0.15, 0.2) is 17.8 Å². The van der Waals surface area contributed by atoms with Gasteiger partial charge in [-0.05, 0) is 31.4 Å². The largest absolute Gasteiger partial charge is 0.443 e. The molecule has 0 saturated carbocycles. The molecular weight excluding hydrogens is 300 g/mol. The molecule has 1 heterocycles. The second kappa shape index (κ2) is 7.13. The van der Waals surface area contributed by atoms with Crippen LogP contribution in [0.25, 0.3) is 11.3 Å². The van der Waals surface area contributed by atoms with E-state index in [9.17, 15) is 4.79 Å². The Morgan fingerprint density at radius 2 is 1.83 bits per heavy atom. The van der Waals surface area contributed by atoms with Crippen molar-refractivity contribution in [2.45, 2.75) is 20.3 Å². The van der Waals surface area contributed by atoms with Crippen LogP contribution in [0.15, 0.2) is 59.3 Å². The van der Waals surface area contributed by atoms with Crippen molar-refractivity contribution < 1.29 is 9.21 Å². The van der Waals surface area contributed by atoms with Crippen molar-refractivity contribution in [3.05, 3.63) is 77.3 Å². The fourth-order valence-corrected chi connectivity index (χ4v) is 2.60. The summed E-state index contributed by atoms with van der Waals surface area (Å²) < 4.78 is 5.42. The maximum Gasteiger partial charge on any atom is 0.273 e. The highest BCUT2D eigenvalue weighted by atomic mass is 16.3. The van der Waals surface area contributed by atoms with E-state index in [0.717, 1.165) is 17.5 Å². The molecular formula is C20H20N2O2. The Bertz CT molecular complexity index is 835. The molecule has 0 bridgehead atoms. The predicted octanol–water partition coefficient (Wildman–Crippen LogP) is 3.93. The van der Waals surface area contributed by atoms with Gasteiger partial charge in [0, 0.05) is 12.1 Å². The molecule has 122 valence electrons. The zero-order valence-electron chi connectivity index (χ0n) is 13.9. The Hall–Kier alpha value is -2.88. The minimum Gasteiger partial charge on any atom is -0.443 e. The molecule has 0 aliphatic carbocycles. The Kier molecular flexibility index (Phi) is 4.75. The van der Waals surface area contributed by atoms with Gasteiger partial charge in [-0.3, -0.25) is 4.79 Å². The van der Waals surface area contributed by atoms with Crippen molar-refractivity contribution in [3.8, 4) is 11.3 Å². The summed E-state index contributed by atoms with van der Waals surface area (Å²) in [4.78, 5) is 16.5. The number of aryl methyl sites for hydroxylation is 2. The molecule has 0 unspecified atom stereocenters. The van der Waals surface area contributed by atoms with Crippen LogP contribution in [-0.4, -0.2) is 17.4 Å². The first kappa shape index (κ1) is 16.0. The van der Waals surface area contributed by atoms with Crippen LogP contribution in [0.5, 0.6) is 0 Å². The van der Waals surface area contributed by atoms with Crippen molar-refractivity contribution in [2.24, 2.45) is 0 Å². The van der Waals surface area contributed by atoms with Gasteiger partial charge in [0.25, 0.3) is 5.91 Å². The van der Waals surface area contributed by atoms with Gasteiger partial charge in [-0.15, -0.1) is 0 Å².